The van der Waals surface area contributed by atoms with Gasteiger partial charge in [0, 0.05) is 19.6 Å². The Kier molecular flexibility index (Phi) is 6.72. The highest BCUT2D eigenvalue weighted by Gasteiger charge is 2.48. The minimum absolute atomic E-state index is 0.00794. The highest BCUT2D eigenvalue weighted by Crippen LogP contribution is 2.45. The Morgan fingerprint density at radius 1 is 1.28 bits per heavy atom. The van der Waals surface area contributed by atoms with Crippen molar-refractivity contribution in [1.29, 1.82) is 0 Å². The number of carbonyl (C=O) groups excluding carboxylic acids is 1. The molecule has 1 saturated heterocycles. The maximum atomic E-state index is 13.1. The number of likely N-dealkylation sites (tertiary alicyclic amines) is 1. The summed E-state index contributed by atoms with van der Waals surface area (Å²) < 4.78 is 5.91. The summed E-state index contributed by atoms with van der Waals surface area (Å²) >= 11 is 0. The molecule has 1 aliphatic carbocycles. The Labute approximate surface area is 153 Å². The number of likely N-dealkylation sites (N-methyl/N-ethyl adjacent to an activating group) is 1. The second kappa shape index (κ2) is 8.39. The van der Waals surface area contributed by atoms with E-state index in [9.17, 15) is 4.79 Å². The second-order valence-corrected chi connectivity index (χ2v) is 7.23. The number of hydrogen-bond acceptors (Lipinski definition) is 3. The Morgan fingerprint density at radius 2 is 1.96 bits per heavy atom. The normalized spacial score (nSPS) is 27.0. The molecule has 0 aromatic carbocycles. The average molecular weight is 349 g/mol. The van der Waals surface area contributed by atoms with Crippen molar-refractivity contribution in [3.63, 3.8) is 0 Å². The summed E-state index contributed by atoms with van der Waals surface area (Å²) in [6, 6.07) is -0.00794. The number of hydrogen-bond donors (Lipinski definition) is 0. The summed E-state index contributed by atoms with van der Waals surface area (Å²) in [7, 11) is 0. The van der Waals surface area contributed by atoms with Crippen molar-refractivity contribution in [2.75, 3.05) is 26.2 Å². The van der Waals surface area contributed by atoms with Gasteiger partial charge in [-0.15, -0.1) is 0 Å². The van der Waals surface area contributed by atoms with Gasteiger partial charge in [0.15, 0.2) is 0 Å². The van der Waals surface area contributed by atoms with Crippen LogP contribution in [0.2, 0.25) is 0 Å². The Morgan fingerprint density at radius 3 is 2.52 bits per heavy atom. The van der Waals surface area contributed by atoms with Crippen molar-refractivity contribution < 1.29 is 9.53 Å². The number of carbonyl (C=O) groups is 1. The molecule has 4 heteroatoms. The zero-order valence-electron chi connectivity index (χ0n) is 17.0. The van der Waals surface area contributed by atoms with Crippen molar-refractivity contribution in [2.45, 2.75) is 78.8 Å². The first-order valence-electron chi connectivity index (χ1n) is 10.1. The van der Waals surface area contributed by atoms with Gasteiger partial charge >= 0.3 is 0 Å². The van der Waals surface area contributed by atoms with Gasteiger partial charge in [-0.1, -0.05) is 13.3 Å². The number of amides is 1. The van der Waals surface area contributed by atoms with E-state index in [1.165, 1.54) is 11.1 Å². The summed E-state index contributed by atoms with van der Waals surface area (Å²) in [5.41, 5.74) is 2.45. The van der Waals surface area contributed by atoms with Crippen LogP contribution in [-0.2, 0) is 9.53 Å². The van der Waals surface area contributed by atoms with Crippen LogP contribution in [0.3, 0.4) is 0 Å². The van der Waals surface area contributed by atoms with Crippen LogP contribution < -0.4 is 0 Å². The summed E-state index contributed by atoms with van der Waals surface area (Å²) in [6.07, 6.45) is 6.48. The standard InChI is InChI=1S/C21H36N2O2/c1-7-13-21(15-19(25-10-4)16(5)17(21)6)23-14-11-12-18(23)20(24)22(8-2)9-3/h15,18H,7-14H2,1-6H3/t18-,21?/m1/s1. The van der Waals surface area contributed by atoms with Gasteiger partial charge in [-0.2, -0.15) is 0 Å². The van der Waals surface area contributed by atoms with Crippen molar-refractivity contribution in [1.82, 2.24) is 9.80 Å². The van der Waals surface area contributed by atoms with Gasteiger partial charge in [0.2, 0.25) is 5.91 Å². The maximum Gasteiger partial charge on any atom is 0.239 e. The van der Waals surface area contributed by atoms with E-state index in [2.05, 4.69) is 45.6 Å². The Bertz CT molecular complexity index is 548. The van der Waals surface area contributed by atoms with Gasteiger partial charge < -0.3 is 9.64 Å². The molecule has 0 N–H and O–H groups in total. The van der Waals surface area contributed by atoms with E-state index in [1.54, 1.807) is 0 Å². The summed E-state index contributed by atoms with van der Waals surface area (Å²) in [4.78, 5) is 17.6. The highest BCUT2D eigenvalue weighted by molar-refractivity contribution is 5.82. The van der Waals surface area contributed by atoms with Gasteiger partial charge in [0.05, 0.1) is 18.2 Å². The Balaban J connectivity index is 2.41. The molecule has 2 atom stereocenters. The third-order valence-corrected chi connectivity index (χ3v) is 6.01. The second-order valence-electron chi connectivity index (χ2n) is 7.23. The lowest BCUT2D eigenvalue weighted by Gasteiger charge is -2.43. The van der Waals surface area contributed by atoms with E-state index in [0.717, 1.165) is 51.1 Å². The molecule has 142 valence electrons. The molecular weight excluding hydrogens is 312 g/mol. The maximum absolute atomic E-state index is 13.1. The molecule has 1 unspecified atom stereocenters. The minimum atomic E-state index is -0.159. The molecule has 1 aliphatic heterocycles. The highest BCUT2D eigenvalue weighted by atomic mass is 16.5. The van der Waals surface area contributed by atoms with Gasteiger partial charge in [-0.3, -0.25) is 9.69 Å². The minimum Gasteiger partial charge on any atom is -0.494 e. The zero-order chi connectivity index (χ0) is 18.6. The van der Waals surface area contributed by atoms with E-state index < -0.39 is 0 Å². The molecule has 4 nitrogen and oxygen atoms in total. The van der Waals surface area contributed by atoms with E-state index in [0.29, 0.717) is 12.5 Å². The lowest BCUT2D eigenvalue weighted by molar-refractivity contribution is -0.137. The van der Waals surface area contributed by atoms with Crippen LogP contribution in [0.15, 0.2) is 23.0 Å². The fraction of sp³-hybridized carbons (Fsp3) is 0.762. The average Bonchev–Trinajstić information content (AvgIpc) is 3.17. The van der Waals surface area contributed by atoms with E-state index in [-0.39, 0.29) is 11.6 Å². The van der Waals surface area contributed by atoms with Crippen molar-refractivity contribution in [2.24, 2.45) is 0 Å². The van der Waals surface area contributed by atoms with Gasteiger partial charge in [-0.25, -0.2) is 0 Å². The van der Waals surface area contributed by atoms with Crippen LogP contribution in [0.4, 0.5) is 0 Å². The predicted molar refractivity (Wildman–Crippen MR) is 103 cm³/mol. The van der Waals surface area contributed by atoms with Crippen LogP contribution in [0, 0.1) is 0 Å². The number of allylic oxidation sites excluding steroid dienone is 1. The third-order valence-electron chi connectivity index (χ3n) is 6.01. The van der Waals surface area contributed by atoms with Crippen LogP contribution >= 0.6 is 0 Å². The lowest BCUT2D eigenvalue weighted by atomic mass is 9.85. The summed E-state index contributed by atoms with van der Waals surface area (Å²) in [5.74, 6) is 1.30. The first-order chi connectivity index (χ1) is 12.0. The summed E-state index contributed by atoms with van der Waals surface area (Å²) in [6.45, 7) is 16.0. The molecular formula is C21H36N2O2. The molecule has 0 aromatic rings. The van der Waals surface area contributed by atoms with Gasteiger partial charge in [0.25, 0.3) is 0 Å². The van der Waals surface area contributed by atoms with Crippen LogP contribution in [0.25, 0.3) is 0 Å². The van der Waals surface area contributed by atoms with Crippen molar-refractivity contribution in [3.05, 3.63) is 23.0 Å². The van der Waals surface area contributed by atoms with Crippen LogP contribution in [0.5, 0.6) is 0 Å². The number of nitrogens with zero attached hydrogens (tertiary/aromatic N) is 2. The molecule has 0 bridgehead atoms. The molecule has 1 fully saturated rings. The zero-order valence-corrected chi connectivity index (χ0v) is 17.0. The molecule has 2 aliphatic rings. The molecule has 0 spiro atoms. The first-order valence-corrected chi connectivity index (χ1v) is 10.1. The number of ether oxygens (including phenoxy) is 1. The molecule has 0 saturated carbocycles. The fourth-order valence-electron chi connectivity index (χ4n) is 4.58. The van der Waals surface area contributed by atoms with Gasteiger partial charge in [-0.05, 0) is 71.1 Å². The molecule has 0 radical (unpaired) electrons. The molecule has 0 aromatic heterocycles. The molecule has 2 rings (SSSR count). The molecule has 1 heterocycles. The smallest absolute Gasteiger partial charge is 0.239 e. The van der Waals surface area contributed by atoms with E-state index >= 15 is 0 Å². The fourth-order valence-corrected chi connectivity index (χ4v) is 4.58. The SMILES string of the molecule is CCCC1(N2CCC[C@@H]2C(=O)N(CC)CC)C=C(OCC)C(C)=C1C. The predicted octanol–water partition coefficient (Wildman–Crippen LogP) is 4.13. The van der Waals surface area contributed by atoms with Crippen LogP contribution in [-0.4, -0.2) is 53.5 Å². The topological polar surface area (TPSA) is 32.8 Å². The third kappa shape index (κ3) is 3.51. The monoisotopic (exact) mass is 348 g/mol. The van der Waals surface area contributed by atoms with E-state index in [1.807, 2.05) is 11.8 Å². The number of rotatable bonds is 8. The van der Waals surface area contributed by atoms with Crippen LogP contribution in [0.1, 0.15) is 67.2 Å². The van der Waals surface area contributed by atoms with E-state index in [4.69, 9.17) is 4.74 Å². The molecule has 25 heavy (non-hydrogen) atoms. The van der Waals surface area contributed by atoms with Crippen molar-refractivity contribution in [3.8, 4) is 0 Å². The van der Waals surface area contributed by atoms with Crippen molar-refractivity contribution >= 4 is 5.91 Å². The van der Waals surface area contributed by atoms with Gasteiger partial charge in [0.1, 0.15) is 5.76 Å². The lowest BCUT2D eigenvalue weighted by Crippen LogP contribution is -2.55. The first kappa shape index (κ1) is 20.0. The summed E-state index contributed by atoms with van der Waals surface area (Å²) in [5, 5.41) is 0. The quantitative estimate of drug-likeness (QED) is 0.661. The molecule has 1 amide bonds. The largest absolute Gasteiger partial charge is 0.494 e. The Hall–Kier alpha value is -1.29.